The van der Waals surface area contributed by atoms with Crippen molar-refractivity contribution in [2.24, 2.45) is 0 Å². The lowest BCUT2D eigenvalue weighted by Crippen LogP contribution is -2.22. The molecule has 0 saturated carbocycles. The molecule has 20 heavy (non-hydrogen) atoms. The first-order chi connectivity index (χ1) is 9.60. The van der Waals surface area contributed by atoms with E-state index in [9.17, 15) is 14.7 Å². The molecule has 0 aliphatic heterocycles. The Morgan fingerprint density at radius 2 is 1.45 bits per heavy atom. The number of phenolic OH excluding ortho intramolecular Hbond substituents is 1. The molecule has 2 N–H and O–H groups in total. The number of nitrogens with one attached hydrogen (secondary N) is 1. The molecule has 5 nitrogen and oxygen atoms in total. The lowest BCUT2D eigenvalue weighted by molar-refractivity contribution is 0.103. The molecule has 0 atom stereocenters. The van der Waals surface area contributed by atoms with E-state index in [-0.39, 0.29) is 11.5 Å². The van der Waals surface area contributed by atoms with Crippen LogP contribution in [0.5, 0.6) is 11.5 Å². The molecule has 5 heteroatoms. The summed E-state index contributed by atoms with van der Waals surface area (Å²) in [6, 6.07) is 12.2. The molecule has 2 aromatic carbocycles. The van der Waals surface area contributed by atoms with Gasteiger partial charge in [0.1, 0.15) is 11.5 Å². The highest BCUT2D eigenvalue weighted by Crippen LogP contribution is 2.17. The summed E-state index contributed by atoms with van der Waals surface area (Å²) in [6.45, 7) is 0. The summed E-state index contributed by atoms with van der Waals surface area (Å²) in [4.78, 5) is 23.2. The Bertz CT molecular complexity index is 617. The first-order valence-electron chi connectivity index (χ1n) is 5.93. The average molecular weight is 271 g/mol. The Morgan fingerprint density at radius 1 is 0.950 bits per heavy atom. The molecule has 0 fully saturated rings. The molecule has 0 bridgehead atoms. The van der Waals surface area contributed by atoms with Crippen molar-refractivity contribution in [3.8, 4) is 11.5 Å². The maximum absolute atomic E-state index is 12.1. The summed E-state index contributed by atoms with van der Waals surface area (Å²) in [6.07, 6.45) is -0.567. The zero-order valence-electron chi connectivity index (χ0n) is 10.8. The van der Waals surface area contributed by atoms with Crippen molar-refractivity contribution in [2.45, 2.75) is 0 Å². The molecular weight excluding hydrogens is 258 g/mol. The van der Waals surface area contributed by atoms with Crippen LogP contribution in [0.2, 0.25) is 0 Å². The Labute approximate surface area is 115 Å². The van der Waals surface area contributed by atoms with Crippen LogP contribution in [0.1, 0.15) is 15.9 Å². The van der Waals surface area contributed by atoms with E-state index < -0.39 is 6.09 Å². The van der Waals surface area contributed by atoms with Crippen molar-refractivity contribution in [1.29, 1.82) is 0 Å². The predicted molar refractivity (Wildman–Crippen MR) is 73.1 cm³/mol. The van der Waals surface area contributed by atoms with E-state index in [1.807, 2.05) is 0 Å². The highest BCUT2D eigenvalue weighted by Gasteiger charge is 2.09. The largest absolute Gasteiger partial charge is 0.508 e. The maximum atomic E-state index is 12.1. The predicted octanol–water partition coefficient (Wildman–Crippen LogP) is 2.34. The van der Waals surface area contributed by atoms with E-state index in [0.717, 1.165) is 0 Å². The lowest BCUT2D eigenvalue weighted by atomic mass is 10.0. The Balaban J connectivity index is 2.15. The third-order valence-corrected chi connectivity index (χ3v) is 2.66. The number of hydrogen-bond donors (Lipinski definition) is 2. The summed E-state index contributed by atoms with van der Waals surface area (Å²) in [5, 5.41) is 11.5. The molecule has 102 valence electrons. The maximum Gasteiger partial charge on any atom is 0.412 e. The first kappa shape index (κ1) is 13.6. The fraction of sp³-hybridized carbons (Fsp3) is 0.0667. The van der Waals surface area contributed by atoms with Crippen molar-refractivity contribution >= 4 is 11.9 Å². The van der Waals surface area contributed by atoms with Gasteiger partial charge in [-0.1, -0.05) is 0 Å². The summed E-state index contributed by atoms with van der Waals surface area (Å²) in [5.41, 5.74) is 0.947. The molecule has 2 rings (SSSR count). The van der Waals surface area contributed by atoms with E-state index in [4.69, 9.17) is 4.74 Å². The highest BCUT2D eigenvalue weighted by molar-refractivity contribution is 6.09. The minimum Gasteiger partial charge on any atom is -0.508 e. The van der Waals surface area contributed by atoms with Gasteiger partial charge in [-0.3, -0.25) is 4.79 Å². The minimum absolute atomic E-state index is 0.107. The number of aromatic hydroxyl groups is 1. The van der Waals surface area contributed by atoms with Crippen LogP contribution in [0.15, 0.2) is 48.5 Å². The van der Waals surface area contributed by atoms with Gasteiger partial charge in [0.15, 0.2) is 5.78 Å². The fourth-order valence-corrected chi connectivity index (χ4v) is 1.61. The second-order valence-corrected chi connectivity index (χ2v) is 4.04. The van der Waals surface area contributed by atoms with E-state index in [0.29, 0.717) is 16.9 Å². The number of benzene rings is 2. The van der Waals surface area contributed by atoms with E-state index >= 15 is 0 Å². The van der Waals surface area contributed by atoms with Crippen LogP contribution in [-0.4, -0.2) is 24.0 Å². The van der Waals surface area contributed by atoms with Crippen LogP contribution in [0.4, 0.5) is 4.79 Å². The number of ether oxygens (including phenoxy) is 1. The fourth-order valence-electron chi connectivity index (χ4n) is 1.61. The molecule has 0 aliphatic carbocycles. The van der Waals surface area contributed by atoms with Crippen LogP contribution < -0.4 is 10.1 Å². The number of ketones is 1. The van der Waals surface area contributed by atoms with Crippen LogP contribution in [-0.2, 0) is 0 Å². The van der Waals surface area contributed by atoms with Gasteiger partial charge in [0.25, 0.3) is 0 Å². The number of rotatable bonds is 3. The van der Waals surface area contributed by atoms with E-state index in [1.54, 1.807) is 36.4 Å². The van der Waals surface area contributed by atoms with Gasteiger partial charge in [-0.25, -0.2) is 4.79 Å². The number of carbonyl (C=O) groups excluding carboxylic acids is 2. The molecule has 0 aromatic heterocycles. The summed E-state index contributed by atoms with van der Waals surface area (Å²) in [7, 11) is 1.46. The molecular formula is C15H13NO4. The van der Waals surface area contributed by atoms with Gasteiger partial charge < -0.3 is 15.2 Å². The molecule has 2 aromatic rings. The summed E-state index contributed by atoms with van der Waals surface area (Å²) in [5.74, 6) is 0.291. The van der Waals surface area contributed by atoms with Gasteiger partial charge in [0, 0.05) is 18.2 Å². The molecule has 0 heterocycles. The van der Waals surface area contributed by atoms with Crippen molar-refractivity contribution in [3.05, 3.63) is 59.7 Å². The number of hydrogen-bond acceptors (Lipinski definition) is 4. The lowest BCUT2D eigenvalue weighted by Gasteiger charge is -2.05. The molecule has 0 spiro atoms. The van der Waals surface area contributed by atoms with Crippen LogP contribution in [0.3, 0.4) is 0 Å². The average Bonchev–Trinajstić information content (AvgIpc) is 2.48. The van der Waals surface area contributed by atoms with Crippen LogP contribution in [0, 0.1) is 0 Å². The molecule has 0 radical (unpaired) electrons. The van der Waals surface area contributed by atoms with Crippen molar-refractivity contribution < 1.29 is 19.4 Å². The van der Waals surface area contributed by atoms with E-state index in [1.165, 1.54) is 19.2 Å². The highest BCUT2D eigenvalue weighted by atomic mass is 16.5. The SMILES string of the molecule is CNC(=O)Oc1ccc(C(=O)c2ccc(O)cc2)cc1. The van der Waals surface area contributed by atoms with E-state index in [2.05, 4.69) is 5.32 Å². The number of amides is 1. The summed E-state index contributed by atoms with van der Waals surface area (Å²) >= 11 is 0. The van der Waals surface area contributed by atoms with Gasteiger partial charge >= 0.3 is 6.09 Å². The van der Waals surface area contributed by atoms with Gasteiger partial charge in [-0.15, -0.1) is 0 Å². The molecule has 0 saturated heterocycles. The van der Waals surface area contributed by atoms with Gasteiger partial charge in [-0.05, 0) is 48.5 Å². The Hall–Kier alpha value is -2.82. The van der Waals surface area contributed by atoms with Gasteiger partial charge in [0.05, 0.1) is 0 Å². The second kappa shape index (κ2) is 5.88. The normalized spacial score (nSPS) is 9.85. The topological polar surface area (TPSA) is 75.6 Å². The number of phenols is 1. The third kappa shape index (κ3) is 3.14. The molecule has 0 unspecified atom stereocenters. The minimum atomic E-state index is -0.567. The zero-order chi connectivity index (χ0) is 14.5. The second-order valence-electron chi connectivity index (χ2n) is 4.04. The van der Waals surface area contributed by atoms with Crippen LogP contribution >= 0.6 is 0 Å². The Kier molecular flexibility index (Phi) is 4.00. The molecule has 1 amide bonds. The van der Waals surface area contributed by atoms with Crippen LogP contribution in [0.25, 0.3) is 0 Å². The monoisotopic (exact) mass is 271 g/mol. The number of carbonyl (C=O) groups is 2. The summed E-state index contributed by atoms with van der Waals surface area (Å²) < 4.78 is 4.93. The first-order valence-corrected chi connectivity index (χ1v) is 5.93. The quantitative estimate of drug-likeness (QED) is 0.840. The third-order valence-electron chi connectivity index (χ3n) is 2.66. The van der Waals surface area contributed by atoms with Crippen molar-refractivity contribution in [2.75, 3.05) is 7.05 Å². The molecule has 0 aliphatic rings. The van der Waals surface area contributed by atoms with Crippen molar-refractivity contribution in [3.63, 3.8) is 0 Å². The Morgan fingerprint density at radius 3 is 1.95 bits per heavy atom. The smallest absolute Gasteiger partial charge is 0.412 e. The van der Waals surface area contributed by atoms with Gasteiger partial charge in [0.2, 0.25) is 0 Å². The van der Waals surface area contributed by atoms with Gasteiger partial charge in [-0.2, -0.15) is 0 Å². The standard InChI is InChI=1S/C15H13NO4/c1-16-15(19)20-13-8-4-11(5-9-13)14(18)10-2-6-12(17)7-3-10/h2-9,17H,1H3,(H,16,19). The van der Waals surface area contributed by atoms with Crippen molar-refractivity contribution in [1.82, 2.24) is 5.32 Å². The zero-order valence-corrected chi connectivity index (χ0v) is 10.8.